The number of aromatic nitrogens is 1. The first-order valence-corrected chi connectivity index (χ1v) is 5.50. The van der Waals surface area contributed by atoms with Crippen molar-refractivity contribution < 1.29 is 13.6 Å². The molecule has 98 valence electrons. The molecule has 0 bridgehead atoms. The molecule has 6 heteroatoms. The van der Waals surface area contributed by atoms with Gasteiger partial charge in [0.05, 0.1) is 5.56 Å². The van der Waals surface area contributed by atoms with Crippen molar-refractivity contribution in [3.05, 3.63) is 53.9 Å². The van der Waals surface area contributed by atoms with Crippen molar-refractivity contribution in [1.82, 2.24) is 4.98 Å². The van der Waals surface area contributed by atoms with Crippen LogP contribution < -0.4 is 10.6 Å². The van der Waals surface area contributed by atoms with Crippen molar-refractivity contribution in [2.75, 3.05) is 17.7 Å². The zero-order valence-electron chi connectivity index (χ0n) is 10.1. The van der Waals surface area contributed by atoms with Gasteiger partial charge in [-0.3, -0.25) is 9.78 Å². The molecule has 2 rings (SSSR count). The van der Waals surface area contributed by atoms with Gasteiger partial charge in [0, 0.05) is 25.1 Å². The molecule has 1 aromatic carbocycles. The van der Waals surface area contributed by atoms with Crippen LogP contribution >= 0.6 is 0 Å². The number of hydrogen-bond donors (Lipinski definition) is 2. The van der Waals surface area contributed by atoms with Gasteiger partial charge in [0.1, 0.15) is 17.3 Å². The van der Waals surface area contributed by atoms with Gasteiger partial charge in [-0.25, -0.2) is 8.78 Å². The Balaban J connectivity index is 2.31. The quantitative estimate of drug-likeness (QED) is 0.895. The maximum absolute atomic E-state index is 13.4. The number of nitrogens with one attached hydrogen (secondary N) is 2. The minimum absolute atomic E-state index is 0.202. The van der Waals surface area contributed by atoms with E-state index in [1.165, 1.54) is 18.5 Å². The minimum Gasteiger partial charge on any atom is -0.387 e. The van der Waals surface area contributed by atoms with Gasteiger partial charge >= 0.3 is 0 Å². The minimum atomic E-state index is -0.830. The number of para-hydroxylation sites is 1. The van der Waals surface area contributed by atoms with Crippen LogP contribution in [0.2, 0.25) is 0 Å². The van der Waals surface area contributed by atoms with Crippen LogP contribution in [0.15, 0.2) is 36.7 Å². The third kappa shape index (κ3) is 2.67. The molecule has 0 atom stereocenters. The van der Waals surface area contributed by atoms with Crippen LogP contribution in [0, 0.1) is 11.6 Å². The molecule has 0 aliphatic heterocycles. The van der Waals surface area contributed by atoms with E-state index < -0.39 is 23.2 Å². The molecule has 0 saturated carbocycles. The second kappa shape index (κ2) is 5.43. The van der Waals surface area contributed by atoms with E-state index in [2.05, 4.69) is 15.6 Å². The lowest BCUT2D eigenvalue weighted by Crippen LogP contribution is -2.16. The first kappa shape index (κ1) is 12.9. The summed E-state index contributed by atoms with van der Waals surface area (Å²) in [5, 5.41) is 5.00. The normalized spacial score (nSPS) is 10.1. The van der Waals surface area contributed by atoms with Crippen LogP contribution in [0.1, 0.15) is 10.4 Å². The highest BCUT2D eigenvalue weighted by atomic mass is 19.1. The molecular formula is C13H11F2N3O. The van der Waals surface area contributed by atoms with Gasteiger partial charge in [0.15, 0.2) is 0 Å². The third-order valence-corrected chi connectivity index (χ3v) is 2.54. The summed E-state index contributed by atoms with van der Waals surface area (Å²) in [6.07, 6.45) is 2.83. The second-order valence-electron chi connectivity index (χ2n) is 3.72. The Bertz CT molecular complexity index is 596. The van der Waals surface area contributed by atoms with Crippen LogP contribution in [-0.2, 0) is 0 Å². The summed E-state index contributed by atoms with van der Waals surface area (Å²) in [5.74, 6) is -2.30. The van der Waals surface area contributed by atoms with Crippen molar-refractivity contribution in [3.63, 3.8) is 0 Å². The first-order valence-electron chi connectivity index (χ1n) is 5.50. The maximum atomic E-state index is 13.4. The average molecular weight is 263 g/mol. The lowest BCUT2D eigenvalue weighted by atomic mass is 10.2. The Hall–Kier alpha value is -2.50. The predicted octanol–water partition coefficient (Wildman–Crippen LogP) is 2.65. The summed E-state index contributed by atoms with van der Waals surface area (Å²) in [7, 11) is 1.63. The van der Waals surface area contributed by atoms with E-state index in [1.807, 2.05) is 0 Å². The van der Waals surface area contributed by atoms with Crippen molar-refractivity contribution >= 4 is 17.3 Å². The van der Waals surface area contributed by atoms with Crippen LogP contribution in [-0.4, -0.2) is 17.9 Å². The highest BCUT2D eigenvalue weighted by Gasteiger charge is 2.15. The molecule has 1 aromatic heterocycles. The highest BCUT2D eigenvalue weighted by Crippen LogP contribution is 2.20. The van der Waals surface area contributed by atoms with E-state index in [9.17, 15) is 13.6 Å². The summed E-state index contributed by atoms with van der Waals surface area (Å²) in [6.45, 7) is 0. The maximum Gasteiger partial charge on any atom is 0.259 e. The SMILES string of the molecule is CNc1ccncc1C(=O)Nc1c(F)cccc1F. The fraction of sp³-hybridized carbons (Fsp3) is 0.0769. The largest absolute Gasteiger partial charge is 0.387 e. The lowest BCUT2D eigenvalue weighted by Gasteiger charge is -2.10. The molecule has 2 N–H and O–H groups in total. The molecule has 2 aromatic rings. The van der Waals surface area contributed by atoms with Crippen LogP contribution in [0.5, 0.6) is 0 Å². The summed E-state index contributed by atoms with van der Waals surface area (Å²) < 4.78 is 26.8. The van der Waals surface area contributed by atoms with Gasteiger partial charge in [0.25, 0.3) is 5.91 Å². The number of carbonyl (C=O) groups is 1. The second-order valence-corrected chi connectivity index (χ2v) is 3.72. The van der Waals surface area contributed by atoms with Crippen molar-refractivity contribution in [1.29, 1.82) is 0 Å². The first-order chi connectivity index (χ1) is 9.13. The summed E-state index contributed by atoms with van der Waals surface area (Å²) in [6, 6.07) is 4.96. The number of pyridine rings is 1. The molecule has 19 heavy (non-hydrogen) atoms. The number of hydrogen-bond acceptors (Lipinski definition) is 3. The van der Waals surface area contributed by atoms with Crippen molar-refractivity contribution in [2.24, 2.45) is 0 Å². The standard InChI is InChI=1S/C13H11F2N3O/c1-16-11-5-6-17-7-8(11)13(19)18-12-9(14)3-2-4-10(12)15/h2-7H,1H3,(H,16,17)(H,18,19). The van der Waals surface area contributed by atoms with Crippen molar-refractivity contribution in [2.45, 2.75) is 0 Å². The fourth-order valence-electron chi connectivity index (χ4n) is 1.59. The topological polar surface area (TPSA) is 54.0 Å². The molecule has 1 heterocycles. The molecule has 0 saturated heterocycles. The highest BCUT2D eigenvalue weighted by molar-refractivity contribution is 6.07. The Morgan fingerprint density at radius 3 is 2.53 bits per heavy atom. The van der Waals surface area contributed by atoms with Gasteiger partial charge in [0.2, 0.25) is 0 Å². The van der Waals surface area contributed by atoms with E-state index in [-0.39, 0.29) is 5.56 Å². The zero-order chi connectivity index (χ0) is 13.8. The molecule has 0 fully saturated rings. The Labute approximate surface area is 108 Å². The number of rotatable bonds is 3. The number of nitrogens with zero attached hydrogens (tertiary/aromatic N) is 1. The number of benzene rings is 1. The molecule has 0 aliphatic carbocycles. The van der Waals surface area contributed by atoms with Crippen molar-refractivity contribution in [3.8, 4) is 0 Å². The predicted molar refractivity (Wildman–Crippen MR) is 68.1 cm³/mol. The molecule has 0 unspecified atom stereocenters. The molecule has 1 amide bonds. The fourth-order valence-corrected chi connectivity index (χ4v) is 1.59. The molecule has 4 nitrogen and oxygen atoms in total. The third-order valence-electron chi connectivity index (χ3n) is 2.54. The average Bonchev–Trinajstić information content (AvgIpc) is 2.42. The van der Waals surface area contributed by atoms with Gasteiger partial charge in [-0.05, 0) is 18.2 Å². The summed E-state index contributed by atoms with van der Waals surface area (Å²) in [5.41, 5.74) is 0.246. The van der Waals surface area contributed by atoms with E-state index in [0.717, 1.165) is 12.1 Å². The summed E-state index contributed by atoms with van der Waals surface area (Å²) in [4.78, 5) is 15.8. The van der Waals surface area contributed by atoms with E-state index >= 15 is 0 Å². The van der Waals surface area contributed by atoms with E-state index in [4.69, 9.17) is 0 Å². The number of anilines is 2. The lowest BCUT2D eigenvalue weighted by molar-refractivity contribution is 0.102. The Morgan fingerprint density at radius 1 is 1.21 bits per heavy atom. The van der Waals surface area contributed by atoms with Gasteiger partial charge in [-0.2, -0.15) is 0 Å². The number of carbonyl (C=O) groups excluding carboxylic acids is 1. The Morgan fingerprint density at radius 2 is 1.89 bits per heavy atom. The van der Waals surface area contributed by atoms with Gasteiger partial charge < -0.3 is 10.6 Å². The molecule has 0 aliphatic rings. The molecule has 0 spiro atoms. The monoisotopic (exact) mass is 263 g/mol. The van der Waals surface area contributed by atoms with E-state index in [1.54, 1.807) is 13.1 Å². The van der Waals surface area contributed by atoms with Gasteiger partial charge in [-0.1, -0.05) is 6.07 Å². The van der Waals surface area contributed by atoms with Crippen LogP contribution in [0.25, 0.3) is 0 Å². The smallest absolute Gasteiger partial charge is 0.259 e. The molecular weight excluding hydrogens is 252 g/mol. The van der Waals surface area contributed by atoms with Crippen LogP contribution in [0.3, 0.4) is 0 Å². The summed E-state index contributed by atoms with van der Waals surface area (Å²) >= 11 is 0. The Kier molecular flexibility index (Phi) is 3.70. The van der Waals surface area contributed by atoms with Crippen LogP contribution in [0.4, 0.5) is 20.2 Å². The van der Waals surface area contributed by atoms with Gasteiger partial charge in [-0.15, -0.1) is 0 Å². The van der Waals surface area contributed by atoms with E-state index in [0.29, 0.717) is 5.69 Å². The number of halogens is 2. The molecule has 0 radical (unpaired) electrons. The zero-order valence-corrected chi connectivity index (χ0v) is 10.1. The number of amides is 1.